The molecule has 152 valence electrons. The molecule has 3 fully saturated rings. The lowest BCUT2D eigenvalue weighted by Crippen LogP contribution is -2.38. The van der Waals surface area contributed by atoms with E-state index in [2.05, 4.69) is 4.99 Å². The first kappa shape index (κ1) is 19.5. The van der Waals surface area contributed by atoms with Crippen LogP contribution in [0.25, 0.3) is 0 Å². The summed E-state index contributed by atoms with van der Waals surface area (Å²) in [6.45, 7) is 0.561. The molecule has 0 aromatic heterocycles. The van der Waals surface area contributed by atoms with Gasteiger partial charge in [-0.15, -0.1) is 0 Å². The molecule has 1 aromatic carbocycles. The van der Waals surface area contributed by atoms with Gasteiger partial charge in [0.05, 0.1) is 37.5 Å². The standard InChI is InChI=1S/C18H22N2O6S2/c1-24-11-5-6-14(25-2)12(8-11)20-13-9-28(22,23)10-16(13)27-18(20)19-17(21)15-4-3-7-26-15/h5-6,8,13,15-16H,3-4,7,9-10H2,1-2H3/t13-,15+,16+/m1/s1. The number of hydrogen-bond acceptors (Lipinski definition) is 7. The molecule has 0 unspecified atom stereocenters. The normalized spacial score (nSPS) is 29.9. The van der Waals surface area contributed by atoms with Crippen LogP contribution < -0.4 is 14.4 Å². The lowest BCUT2D eigenvalue weighted by Gasteiger charge is -2.26. The molecule has 3 aliphatic heterocycles. The molecule has 1 aromatic rings. The van der Waals surface area contributed by atoms with Gasteiger partial charge in [-0.3, -0.25) is 4.79 Å². The van der Waals surface area contributed by atoms with Crippen LogP contribution in [0, 0.1) is 0 Å². The minimum atomic E-state index is -3.15. The van der Waals surface area contributed by atoms with Crippen molar-refractivity contribution >= 4 is 38.4 Å². The van der Waals surface area contributed by atoms with Crippen LogP contribution in [0.3, 0.4) is 0 Å². The lowest BCUT2D eigenvalue weighted by molar-refractivity contribution is -0.126. The molecule has 10 heteroatoms. The molecule has 0 N–H and O–H groups in total. The molecule has 0 radical (unpaired) electrons. The highest BCUT2D eigenvalue weighted by molar-refractivity contribution is 8.16. The molecule has 3 atom stereocenters. The van der Waals surface area contributed by atoms with Crippen LogP contribution in [0.2, 0.25) is 0 Å². The Labute approximate surface area is 168 Å². The molecule has 0 bridgehead atoms. The van der Waals surface area contributed by atoms with Crippen molar-refractivity contribution in [1.29, 1.82) is 0 Å². The fraction of sp³-hybridized carbons (Fsp3) is 0.556. The molecule has 3 saturated heterocycles. The topological polar surface area (TPSA) is 94.5 Å². The summed E-state index contributed by atoms with van der Waals surface area (Å²) in [7, 11) is -0.0424. The Balaban J connectivity index is 1.76. The summed E-state index contributed by atoms with van der Waals surface area (Å²) in [6, 6.07) is 4.99. The maximum atomic E-state index is 12.6. The van der Waals surface area contributed by atoms with Crippen LogP contribution >= 0.6 is 11.8 Å². The fourth-order valence-electron chi connectivity index (χ4n) is 3.77. The molecule has 0 spiro atoms. The first-order valence-electron chi connectivity index (χ1n) is 9.04. The Kier molecular flexibility index (Phi) is 5.28. The number of carbonyl (C=O) groups is 1. The van der Waals surface area contributed by atoms with Crippen molar-refractivity contribution in [1.82, 2.24) is 0 Å². The van der Waals surface area contributed by atoms with E-state index in [1.165, 1.54) is 11.8 Å². The Morgan fingerprint density at radius 2 is 2.11 bits per heavy atom. The predicted octanol–water partition coefficient (Wildman–Crippen LogP) is 1.48. The Morgan fingerprint density at radius 3 is 2.79 bits per heavy atom. The van der Waals surface area contributed by atoms with Crippen molar-refractivity contribution < 1.29 is 27.4 Å². The first-order valence-corrected chi connectivity index (χ1v) is 11.7. The van der Waals surface area contributed by atoms with Crippen LogP contribution in [0.1, 0.15) is 12.8 Å². The van der Waals surface area contributed by atoms with Crippen LogP contribution in [0.5, 0.6) is 11.5 Å². The van der Waals surface area contributed by atoms with Gasteiger partial charge in [-0.05, 0) is 25.0 Å². The van der Waals surface area contributed by atoms with Crippen LogP contribution in [-0.4, -0.2) is 69.2 Å². The minimum absolute atomic E-state index is 0.0121. The summed E-state index contributed by atoms with van der Waals surface area (Å²) in [6.07, 6.45) is 0.973. The van der Waals surface area contributed by atoms with E-state index in [-0.39, 0.29) is 28.7 Å². The first-order chi connectivity index (χ1) is 13.4. The largest absolute Gasteiger partial charge is 0.497 e. The smallest absolute Gasteiger partial charge is 0.277 e. The quantitative estimate of drug-likeness (QED) is 0.715. The second kappa shape index (κ2) is 7.57. The van der Waals surface area contributed by atoms with Crippen LogP contribution in [-0.2, 0) is 19.4 Å². The van der Waals surface area contributed by atoms with Crippen molar-refractivity contribution in [3.05, 3.63) is 18.2 Å². The van der Waals surface area contributed by atoms with Crippen molar-refractivity contribution in [2.75, 3.05) is 37.2 Å². The number of benzene rings is 1. The zero-order chi connectivity index (χ0) is 19.9. The predicted molar refractivity (Wildman–Crippen MR) is 107 cm³/mol. The number of sulfone groups is 1. The van der Waals surface area contributed by atoms with Gasteiger partial charge in [0.1, 0.15) is 17.6 Å². The van der Waals surface area contributed by atoms with E-state index < -0.39 is 15.9 Å². The highest BCUT2D eigenvalue weighted by atomic mass is 32.2. The number of rotatable bonds is 4. The van der Waals surface area contributed by atoms with E-state index in [9.17, 15) is 13.2 Å². The van der Waals surface area contributed by atoms with Crippen molar-refractivity contribution in [2.24, 2.45) is 4.99 Å². The number of nitrogens with zero attached hydrogens (tertiary/aromatic N) is 2. The molecule has 8 nitrogen and oxygen atoms in total. The van der Waals surface area contributed by atoms with Gasteiger partial charge in [-0.25, -0.2) is 8.42 Å². The highest BCUT2D eigenvalue weighted by Gasteiger charge is 2.50. The number of anilines is 1. The molecule has 28 heavy (non-hydrogen) atoms. The monoisotopic (exact) mass is 426 g/mol. The van der Waals surface area contributed by atoms with Crippen LogP contribution in [0.4, 0.5) is 5.69 Å². The summed E-state index contributed by atoms with van der Waals surface area (Å²) in [5.41, 5.74) is 0.637. The number of carbonyl (C=O) groups excluding carboxylic acids is 1. The Morgan fingerprint density at radius 1 is 1.29 bits per heavy atom. The summed E-state index contributed by atoms with van der Waals surface area (Å²) < 4.78 is 40.7. The number of fused-ring (bicyclic) bond motifs is 1. The van der Waals surface area contributed by atoms with Crippen LogP contribution in [0.15, 0.2) is 23.2 Å². The van der Waals surface area contributed by atoms with Crippen molar-refractivity contribution in [2.45, 2.75) is 30.2 Å². The zero-order valence-corrected chi connectivity index (χ0v) is 17.3. The van der Waals surface area contributed by atoms with E-state index >= 15 is 0 Å². The summed E-state index contributed by atoms with van der Waals surface area (Å²) in [5.74, 6) is 0.921. The van der Waals surface area contributed by atoms with Gasteiger partial charge in [0.25, 0.3) is 5.91 Å². The van der Waals surface area contributed by atoms with E-state index in [0.717, 1.165) is 6.42 Å². The van der Waals surface area contributed by atoms with Gasteiger partial charge in [0.2, 0.25) is 0 Å². The number of aliphatic imine (C=N–C) groups is 1. The second-order valence-electron chi connectivity index (χ2n) is 6.94. The Bertz CT molecular complexity index is 911. The molecule has 0 saturated carbocycles. The van der Waals surface area contributed by atoms with Crippen molar-refractivity contribution in [3.63, 3.8) is 0 Å². The van der Waals surface area contributed by atoms with Gasteiger partial charge in [-0.1, -0.05) is 11.8 Å². The third-order valence-corrected chi connectivity index (χ3v) is 8.33. The maximum absolute atomic E-state index is 12.6. The van der Waals surface area contributed by atoms with Gasteiger partial charge < -0.3 is 19.1 Å². The van der Waals surface area contributed by atoms with E-state index in [0.29, 0.717) is 35.4 Å². The van der Waals surface area contributed by atoms with Gasteiger partial charge in [0.15, 0.2) is 15.0 Å². The third kappa shape index (κ3) is 3.60. The molecule has 1 amide bonds. The summed E-state index contributed by atoms with van der Waals surface area (Å²) >= 11 is 1.33. The molecular weight excluding hydrogens is 404 g/mol. The lowest BCUT2D eigenvalue weighted by atomic mass is 10.2. The maximum Gasteiger partial charge on any atom is 0.277 e. The van der Waals surface area contributed by atoms with Gasteiger partial charge >= 0.3 is 0 Å². The average molecular weight is 427 g/mol. The number of hydrogen-bond donors (Lipinski definition) is 0. The second-order valence-corrected chi connectivity index (χ2v) is 10.3. The molecule has 3 heterocycles. The summed E-state index contributed by atoms with van der Waals surface area (Å²) in [4.78, 5) is 18.7. The molecule has 3 aliphatic rings. The number of thioether (sulfide) groups is 1. The Hall–Kier alpha value is -1.78. The van der Waals surface area contributed by atoms with E-state index in [1.807, 2.05) is 4.90 Å². The fourth-order valence-corrected chi connectivity index (χ4v) is 7.68. The van der Waals surface area contributed by atoms with Gasteiger partial charge in [0, 0.05) is 17.9 Å². The summed E-state index contributed by atoms with van der Waals surface area (Å²) in [5, 5.41) is 0.300. The van der Waals surface area contributed by atoms with Gasteiger partial charge in [-0.2, -0.15) is 4.99 Å². The van der Waals surface area contributed by atoms with Crippen molar-refractivity contribution in [3.8, 4) is 11.5 Å². The SMILES string of the molecule is COc1ccc(OC)c(N2C(=NC(=O)[C@@H]3CCCO3)S[C@H]3CS(=O)(=O)C[C@H]32)c1. The number of amidine groups is 1. The minimum Gasteiger partial charge on any atom is -0.497 e. The number of amides is 1. The van der Waals surface area contributed by atoms with E-state index in [1.54, 1.807) is 32.4 Å². The molecular formula is C18H22N2O6S2. The zero-order valence-electron chi connectivity index (χ0n) is 15.7. The highest BCUT2D eigenvalue weighted by Crippen LogP contribution is 2.45. The third-order valence-electron chi connectivity index (χ3n) is 5.12. The molecule has 4 rings (SSSR count). The van der Waals surface area contributed by atoms with E-state index in [4.69, 9.17) is 14.2 Å². The molecule has 0 aliphatic carbocycles. The number of ether oxygens (including phenoxy) is 3. The average Bonchev–Trinajstić information content (AvgIpc) is 3.36. The number of methoxy groups -OCH3 is 2.